The molecule has 1 aromatic rings. The highest BCUT2D eigenvalue weighted by molar-refractivity contribution is 5.13. The van der Waals surface area contributed by atoms with E-state index in [1.165, 1.54) is 4.90 Å². The van der Waals surface area contributed by atoms with Gasteiger partial charge >= 0.3 is 0 Å². The summed E-state index contributed by atoms with van der Waals surface area (Å²) in [6.45, 7) is 5.28. The highest BCUT2D eigenvalue weighted by Gasteiger charge is 2.18. The molecule has 0 unspecified atom stereocenters. The number of ether oxygens (including phenoxy) is 2. The number of rotatable bonds is 6. The summed E-state index contributed by atoms with van der Waals surface area (Å²) in [5, 5.41) is 9.89. The molecule has 4 nitrogen and oxygen atoms in total. The second kappa shape index (κ2) is 7.48. The van der Waals surface area contributed by atoms with Gasteiger partial charge in [0.15, 0.2) is 0 Å². The molecule has 1 atom stereocenters. The molecule has 1 heterocycles. The molecule has 100 valence electrons. The Bertz CT molecular complexity index is 325. The van der Waals surface area contributed by atoms with Crippen LogP contribution in [0.1, 0.15) is 5.56 Å². The third-order valence-corrected chi connectivity index (χ3v) is 3.15. The van der Waals surface area contributed by atoms with Crippen molar-refractivity contribution in [1.29, 1.82) is 0 Å². The lowest BCUT2D eigenvalue weighted by Gasteiger charge is -2.25. The Kier molecular flexibility index (Phi) is 5.61. The van der Waals surface area contributed by atoms with E-state index < -0.39 is 0 Å². The van der Waals surface area contributed by atoms with Crippen LogP contribution in [-0.4, -0.2) is 50.7 Å². The molecule has 0 amide bonds. The second-order valence-electron chi connectivity index (χ2n) is 4.72. The van der Waals surface area contributed by atoms with Gasteiger partial charge in [0.25, 0.3) is 0 Å². The van der Waals surface area contributed by atoms with Crippen molar-refractivity contribution in [3.63, 3.8) is 0 Å². The summed E-state index contributed by atoms with van der Waals surface area (Å²) in [6.07, 6.45) is -0.387. The zero-order valence-corrected chi connectivity index (χ0v) is 10.7. The van der Waals surface area contributed by atoms with Crippen LogP contribution in [0, 0.1) is 0 Å². The number of aliphatic hydroxyl groups excluding tert-OH is 1. The Morgan fingerprint density at radius 3 is 2.67 bits per heavy atom. The van der Waals surface area contributed by atoms with Crippen LogP contribution in [-0.2, 0) is 16.1 Å². The fourth-order valence-electron chi connectivity index (χ4n) is 2.14. The highest BCUT2D eigenvalue weighted by Crippen LogP contribution is 2.00. The number of quaternary nitrogens is 1. The SMILES string of the molecule is O[C@@H](COCc1ccccc1)C[NH+]1CCOCC1. The molecule has 0 radical (unpaired) electrons. The van der Waals surface area contributed by atoms with Crippen molar-refractivity contribution in [2.75, 3.05) is 39.5 Å². The average Bonchev–Trinajstić information content (AvgIpc) is 2.41. The van der Waals surface area contributed by atoms with Crippen LogP contribution < -0.4 is 4.90 Å². The van der Waals surface area contributed by atoms with Crippen molar-refractivity contribution in [3.8, 4) is 0 Å². The van der Waals surface area contributed by atoms with Crippen molar-refractivity contribution in [2.24, 2.45) is 0 Å². The summed E-state index contributed by atoms with van der Waals surface area (Å²) in [7, 11) is 0. The van der Waals surface area contributed by atoms with Crippen LogP contribution in [0.3, 0.4) is 0 Å². The molecule has 1 aliphatic heterocycles. The molecule has 4 heteroatoms. The molecule has 2 N–H and O–H groups in total. The molecule has 0 saturated carbocycles. The maximum absolute atomic E-state index is 9.89. The van der Waals surface area contributed by atoms with Gasteiger partial charge in [-0.25, -0.2) is 0 Å². The zero-order valence-electron chi connectivity index (χ0n) is 10.7. The van der Waals surface area contributed by atoms with E-state index in [4.69, 9.17) is 9.47 Å². The Hall–Kier alpha value is -0.940. The molecule has 0 aromatic heterocycles. The van der Waals surface area contributed by atoms with Gasteiger partial charge in [0.05, 0.1) is 26.4 Å². The lowest BCUT2D eigenvalue weighted by molar-refractivity contribution is -0.911. The smallest absolute Gasteiger partial charge is 0.126 e. The summed E-state index contributed by atoms with van der Waals surface area (Å²) in [5.74, 6) is 0. The van der Waals surface area contributed by atoms with Crippen molar-refractivity contribution in [3.05, 3.63) is 35.9 Å². The number of hydrogen-bond donors (Lipinski definition) is 2. The van der Waals surface area contributed by atoms with Crippen LogP contribution in [0.2, 0.25) is 0 Å². The zero-order chi connectivity index (χ0) is 12.6. The van der Waals surface area contributed by atoms with Crippen molar-refractivity contribution >= 4 is 0 Å². The van der Waals surface area contributed by atoms with E-state index in [1.54, 1.807) is 0 Å². The number of aliphatic hydroxyl groups is 1. The van der Waals surface area contributed by atoms with Gasteiger partial charge < -0.3 is 19.5 Å². The van der Waals surface area contributed by atoms with Crippen LogP contribution in [0.15, 0.2) is 30.3 Å². The molecular weight excluding hydrogens is 230 g/mol. The molecule has 0 spiro atoms. The molecular formula is C14H22NO3+. The van der Waals surface area contributed by atoms with E-state index in [1.807, 2.05) is 30.3 Å². The van der Waals surface area contributed by atoms with Crippen LogP contribution in [0.5, 0.6) is 0 Å². The van der Waals surface area contributed by atoms with Crippen LogP contribution >= 0.6 is 0 Å². The molecule has 0 bridgehead atoms. The number of benzene rings is 1. The van der Waals surface area contributed by atoms with Gasteiger partial charge in [-0.15, -0.1) is 0 Å². The quantitative estimate of drug-likeness (QED) is 0.716. The van der Waals surface area contributed by atoms with Gasteiger partial charge in [-0.05, 0) is 5.56 Å². The minimum absolute atomic E-state index is 0.387. The first-order chi connectivity index (χ1) is 8.84. The maximum atomic E-state index is 9.89. The Labute approximate surface area is 108 Å². The molecule has 1 fully saturated rings. The minimum atomic E-state index is -0.387. The second-order valence-corrected chi connectivity index (χ2v) is 4.72. The van der Waals surface area contributed by atoms with Crippen molar-refractivity contribution < 1.29 is 19.5 Å². The van der Waals surface area contributed by atoms with Crippen molar-refractivity contribution in [1.82, 2.24) is 0 Å². The van der Waals surface area contributed by atoms with Crippen LogP contribution in [0.25, 0.3) is 0 Å². The lowest BCUT2D eigenvalue weighted by atomic mass is 10.2. The summed E-state index contributed by atoms with van der Waals surface area (Å²) in [4.78, 5) is 1.40. The summed E-state index contributed by atoms with van der Waals surface area (Å²) < 4.78 is 10.8. The number of morpholine rings is 1. The predicted octanol–water partition coefficient (Wildman–Crippen LogP) is -0.521. The molecule has 1 aromatic carbocycles. The van der Waals surface area contributed by atoms with Gasteiger partial charge in [0.1, 0.15) is 25.7 Å². The molecule has 1 saturated heterocycles. The first-order valence-corrected chi connectivity index (χ1v) is 6.55. The summed E-state index contributed by atoms with van der Waals surface area (Å²) >= 11 is 0. The first-order valence-electron chi connectivity index (χ1n) is 6.55. The van der Waals surface area contributed by atoms with Crippen LogP contribution in [0.4, 0.5) is 0 Å². The fraction of sp³-hybridized carbons (Fsp3) is 0.571. The minimum Gasteiger partial charge on any atom is -0.385 e. The largest absolute Gasteiger partial charge is 0.385 e. The molecule has 2 rings (SSSR count). The third-order valence-electron chi connectivity index (χ3n) is 3.15. The van der Waals surface area contributed by atoms with Crippen molar-refractivity contribution in [2.45, 2.75) is 12.7 Å². The van der Waals surface area contributed by atoms with E-state index >= 15 is 0 Å². The van der Waals surface area contributed by atoms with Gasteiger partial charge in [-0.3, -0.25) is 0 Å². The van der Waals surface area contributed by atoms with E-state index in [2.05, 4.69) is 0 Å². The van der Waals surface area contributed by atoms with Gasteiger partial charge in [-0.2, -0.15) is 0 Å². The number of hydrogen-bond acceptors (Lipinski definition) is 3. The van der Waals surface area contributed by atoms with Gasteiger partial charge in [-0.1, -0.05) is 30.3 Å². The Morgan fingerprint density at radius 2 is 1.94 bits per heavy atom. The standard InChI is InChI=1S/C14H21NO3/c16-14(10-15-6-8-17-9-7-15)12-18-11-13-4-2-1-3-5-13/h1-5,14,16H,6-12H2/p+1/t14-/m1/s1. The predicted molar refractivity (Wildman–Crippen MR) is 68.5 cm³/mol. The van der Waals surface area contributed by atoms with E-state index in [0.29, 0.717) is 13.2 Å². The van der Waals surface area contributed by atoms with E-state index in [-0.39, 0.29) is 6.10 Å². The molecule has 0 aliphatic carbocycles. The summed E-state index contributed by atoms with van der Waals surface area (Å²) in [5.41, 5.74) is 1.14. The highest BCUT2D eigenvalue weighted by atomic mass is 16.5. The van der Waals surface area contributed by atoms with E-state index in [0.717, 1.165) is 38.4 Å². The monoisotopic (exact) mass is 252 g/mol. The Balaban J connectivity index is 1.61. The van der Waals surface area contributed by atoms with Gasteiger partial charge in [0, 0.05) is 0 Å². The molecule has 1 aliphatic rings. The topological polar surface area (TPSA) is 43.1 Å². The molecule has 18 heavy (non-hydrogen) atoms. The normalized spacial score (nSPS) is 18.7. The van der Waals surface area contributed by atoms with Gasteiger partial charge in [0.2, 0.25) is 0 Å². The Morgan fingerprint density at radius 1 is 1.22 bits per heavy atom. The number of nitrogens with one attached hydrogen (secondary N) is 1. The average molecular weight is 252 g/mol. The maximum Gasteiger partial charge on any atom is 0.126 e. The summed E-state index contributed by atoms with van der Waals surface area (Å²) in [6, 6.07) is 10.0. The lowest BCUT2D eigenvalue weighted by Crippen LogP contribution is -3.15. The van der Waals surface area contributed by atoms with E-state index in [9.17, 15) is 5.11 Å². The fourth-order valence-corrected chi connectivity index (χ4v) is 2.14. The third kappa shape index (κ3) is 4.74. The first kappa shape index (κ1) is 13.5.